The largest absolute Gasteiger partial charge is 0.381 e. The van der Waals surface area contributed by atoms with E-state index in [0.717, 1.165) is 22.0 Å². The van der Waals surface area contributed by atoms with Gasteiger partial charge in [-0.15, -0.1) is 0 Å². The Bertz CT molecular complexity index is 407. The fraction of sp³-hybridized carbons (Fsp3) is 0.667. The molecule has 2 fully saturated rings. The summed E-state index contributed by atoms with van der Waals surface area (Å²) in [4.78, 5) is 4.22. The number of nitrogens with zero attached hydrogens (tertiary/aromatic N) is 1. The summed E-state index contributed by atoms with van der Waals surface area (Å²) in [5.74, 6) is 2.00. The molecule has 2 saturated carbocycles. The van der Waals surface area contributed by atoms with E-state index in [1.54, 1.807) is 0 Å². The first kappa shape index (κ1) is 12.5. The normalized spacial score (nSPS) is 31.7. The highest BCUT2D eigenvalue weighted by atomic mass is 79.9. The predicted octanol–water partition coefficient (Wildman–Crippen LogP) is 4.61. The smallest absolute Gasteiger partial charge is 0.0540 e. The quantitative estimate of drug-likeness (QED) is 0.862. The van der Waals surface area contributed by atoms with Crippen molar-refractivity contribution in [2.75, 3.05) is 5.32 Å². The van der Waals surface area contributed by atoms with Crippen LogP contribution in [0.2, 0.25) is 0 Å². The van der Waals surface area contributed by atoms with E-state index in [2.05, 4.69) is 32.3 Å². The molecule has 2 nitrogen and oxygen atoms in total. The third kappa shape index (κ3) is 2.87. The van der Waals surface area contributed by atoms with E-state index in [9.17, 15) is 0 Å². The molecule has 0 spiro atoms. The monoisotopic (exact) mass is 308 g/mol. The molecule has 2 aliphatic carbocycles. The van der Waals surface area contributed by atoms with E-state index in [4.69, 9.17) is 0 Å². The molecule has 0 radical (unpaired) electrons. The number of aromatic nitrogens is 1. The van der Waals surface area contributed by atoms with Gasteiger partial charge in [-0.05, 0) is 53.1 Å². The zero-order valence-electron chi connectivity index (χ0n) is 10.7. The van der Waals surface area contributed by atoms with Crippen LogP contribution in [0.4, 0.5) is 5.69 Å². The molecule has 0 amide bonds. The minimum atomic E-state index is 0.653. The van der Waals surface area contributed by atoms with Crippen LogP contribution in [0.1, 0.15) is 44.9 Å². The molecule has 3 atom stereocenters. The zero-order valence-corrected chi connectivity index (χ0v) is 12.3. The number of fused-ring (bicyclic) bond motifs is 1. The van der Waals surface area contributed by atoms with Crippen molar-refractivity contribution in [1.29, 1.82) is 0 Å². The lowest BCUT2D eigenvalue weighted by molar-refractivity contribution is 0.162. The Kier molecular flexibility index (Phi) is 3.88. The molecule has 3 unspecified atom stereocenters. The summed E-state index contributed by atoms with van der Waals surface area (Å²) in [6, 6.07) is 2.78. The minimum absolute atomic E-state index is 0.653. The Hall–Kier alpha value is -0.570. The van der Waals surface area contributed by atoms with Crippen molar-refractivity contribution >= 4 is 21.6 Å². The molecule has 1 aromatic rings. The lowest BCUT2D eigenvalue weighted by Gasteiger charge is -2.39. The second kappa shape index (κ2) is 5.60. The topological polar surface area (TPSA) is 24.9 Å². The van der Waals surface area contributed by atoms with Crippen LogP contribution >= 0.6 is 15.9 Å². The molecular weight excluding hydrogens is 288 g/mol. The van der Waals surface area contributed by atoms with Gasteiger partial charge >= 0.3 is 0 Å². The molecule has 1 heterocycles. The van der Waals surface area contributed by atoms with Crippen LogP contribution in [0.5, 0.6) is 0 Å². The molecule has 1 N–H and O–H groups in total. The van der Waals surface area contributed by atoms with E-state index in [0.29, 0.717) is 6.04 Å². The zero-order chi connectivity index (χ0) is 12.4. The van der Waals surface area contributed by atoms with Gasteiger partial charge in [0.1, 0.15) is 0 Å². The summed E-state index contributed by atoms with van der Waals surface area (Å²) in [5.41, 5.74) is 1.16. The molecule has 0 aliphatic heterocycles. The number of anilines is 1. The maximum Gasteiger partial charge on any atom is 0.0540 e. The molecule has 98 valence electrons. The van der Waals surface area contributed by atoms with E-state index in [1.807, 2.05) is 12.4 Å². The second-order valence-corrected chi connectivity index (χ2v) is 6.77. The summed E-state index contributed by atoms with van der Waals surface area (Å²) < 4.78 is 1.05. The van der Waals surface area contributed by atoms with Gasteiger partial charge < -0.3 is 5.32 Å². The van der Waals surface area contributed by atoms with E-state index < -0.39 is 0 Å². The van der Waals surface area contributed by atoms with Crippen molar-refractivity contribution in [3.05, 3.63) is 22.9 Å². The van der Waals surface area contributed by atoms with Crippen LogP contribution in [-0.4, -0.2) is 11.0 Å². The lowest BCUT2D eigenvalue weighted by atomic mass is 9.69. The molecule has 3 heteroatoms. The number of nitrogens with one attached hydrogen (secondary N) is 1. The highest BCUT2D eigenvalue weighted by molar-refractivity contribution is 9.10. The molecule has 0 bridgehead atoms. The number of halogens is 1. The van der Waals surface area contributed by atoms with Gasteiger partial charge in [-0.25, -0.2) is 0 Å². The van der Waals surface area contributed by atoms with Gasteiger partial charge in [-0.1, -0.05) is 25.7 Å². The SMILES string of the molecule is Brc1cncc(NC2CCC3CCCCC3C2)c1. The maximum atomic E-state index is 4.22. The Balaban J connectivity index is 1.61. The Morgan fingerprint density at radius 1 is 1.06 bits per heavy atom. The first-order chi connectivity index (χ1) is 8.81. The fourth-order valence-corrected chi connectivity index (χ4v) is 4.10. The number of hydrogen-bond acceptors (Lipinski definition) is 2. The van der Waals surface area contributed by atoms with Crippen molar-refractivity contribution in [1.82, 2.24) is 4.98 Å². The molecular formula is C15H21BrN2. The number of pyridine rings is 1. The Morgan fingerprint density at radius 2 is 1.89 bits per heavy atom. The summed E-state index contributed by atoms with van der Waals surface area (Å²) in [6.45, 7) is 0. The average Bonchev–Trinajstić information content (AvgIpc) is 2.39. The molecule has 0 aromatic carbocycles. The molecule has 1 aromatic heterocycles. The van der Waals surface area contributed by atoms with Crippen LogP contribution < -0.4 is 5.32 Å². The Morgan fingerprint density at radius 3 is 2.72 bits per heavy atom. The van der Waals surface area contributed by atoms with Crippen LogP contribution in [0.3, 0.4) is 0 Å². The van der Waals surface area contributed by atoms with Crippen molar-refractivity contribution in [3.8, 4) is 0 Å². The van der Waals surface area contributed by atoms with Crippen LogP contribution in [0.25, 0.3) is 0 Å². The summed E-state index contributed by atoms with van der Waals surface area (Å²) in [7, 11) is 0. The van der Waals surface area contributed by atoms with Crippen LogP contribution in [0, 0.1) is 11.8 Å². The van der Waals surface area contributed by atoms with Gasteiger partial charge in [0.05, 0.1) is 11.9 Å². The van der Waals surface area contributed by atoms with Gasteiger partial charge in [-0.2, -0.15) is 0 Å². The summed E-state index contributed by atoms with van der Waals surface area (Å²) in [6.07, 6.45) is 13.7. The highest BCUT2D eigenvalue weighted by Gasteiger charge is 2.31. The van der Waals surface area contributed by atoms with E-state index in [-0.39, 0.29) is 0 Å². The predicted molar refractivity (Wildman–Crippen MR) is 78.6 cm³/mol. The molecule has 3 rings (SSSR count). The maximum absolute atomic E-state index is 4.22. The van der Waals surface area contributed by atoms with E-state index >= 15 is 0 Å². The standard InChI is InChI=1S/C15H21BrN2/c16-13-8-15(10-17-9-13)18-14-6-5-11-3-1-2-4-12(11)7-14/h8-12,14,18H,1-7H2. The van der Waals surface area contributed by atoms with Crippen LogP contribution in [0.15, 0.2) is 22.9 Å². The van der Waals surface area contributed by atoms with Crippen LogP contribution in [-0.2, 0) is 0 Å². The van der Waals surface area contributed by atoms with Crippen molar-refractivity contribution in [3.63, 3.8) is 0 Å². The Labute approximate surface area is 118 Å². The van der Waals surface area contributed by atoms with E-state index in [1.165, 1.54) is 44.9 Å². The van der Waals surface area contributed by atoms with Gasteiger partial charge in [0.2, 0.25) is 0 Å². The summed E-state index contributed by atoms with van der Waals surface area (Å²) >= 11 is 3.48. The number of rotatable bonds is 2. The first-order valence-corrected chi connectivity index (χ1v) is 7.97. The average molecular weight is 309 g/mol. The minimum Gasteiger partial charge on any atom is -0.381 e. The fourth-order valence-electron chi connectivity index (χ4n) is 3.73. The first-order valence-electron chi connectivity index (χ1n) is 7.18. The van der Waals surface area contributed by atoms with Crippen molar-refractivity contribution < 1.29 is 0 Å². The van der Waals surface area contributed by atoms with Gasteiger partial charge in [0.15, 0.2) is 0 Å². The van der Waals surface area contributed by atoms with Gasteiger partial charge in [-0.3, -0.25) is 4.98 Å². The lowest BCUT2D eigenvalue weighted by Crippen LogP contribution is -2.34. The van der Waals surface area contributed by atoms with Gasteiger partial charge in [0.25, 0.3) is 0 Å². The third-order valence-corrected chi connectivity index (χ3v) is 5.05. The molecule has 18 heavy (non-hydrogen) atoms. The van der Waals surface area contributed by atoms with Crippen molar-refractivity contribution in [2.45, 2.75) is 51.0 Å². The van der Waals surface area contributed by atoms with Gasteiger partial charge in [0, 0.05) is 16.7 Å². The third-order valence-electron chi connectivity index (χ3n) is 4.62. The molecule has 0 saturated heterocycles. The highest BCUT2D eigenvalue weighted by Crippen LogP contribution is 2.41. The summed E-state index contributed by atoms with van der Waals surface area (Å²) in [5, 5.41) is 3.66. The second-order valence-electron chi connectivity index (χ2n) is 5.85. The molecule has 2 aliphatic rings. The number of hydrogen-bond donors (Lipinski definition) is 1. The van der Waals surface area contributed by atoms with Crippen molar-refractivity contribution in [2.24, 2.45) is 11.8 Å².